The minimum absolute atomic E-state index is 0.00922. The lowest BCUT2D eigenvalue weighted by molar-refractivity contribution is -0.131. The van der Waals surface area contributed by atoms with E-state index in [-0.39, 0.29) is 17.9 Å². The van der Waals surface area contributed by atoms with E-state index in [0.717, 1.165) is 18.6 Å². The maximum Gasteiger partial charge on any atom is 0.240 e. The van der Waals surface area contributed by atoms with Crippen LogP contribution in [0.15, 0.2) is 53.6 Å². The summed E-state index contributed by atoms with van der Waals surface area (Å²) in [6.45, 7) is 3.69. The number of aryl methyl sites for hydroxylation is 2. The fourth-order valence-corrected chi connectivity index (χ4v) is 3.82. The van der Waals surface area contributed by atoms with Crippen LogP contribution < -0.4 is 0 Å². The van der Waals surface area contributed by atoms with Crippen molar-refractivity contribution in [2.45, 2.75) is 32.7 Å². The molecule has 0 radical (unpaired) electrons. The van der Waals surface area contributed by atoms with Crippen LogP contribution in [-0.4, -0.2) is 16.6 Å². The van der Waals surface area contributed by atoms with Crippen LogP contribution in [-0.2, 0) is 11.2 Å². The molecule has 0 spiro atoms. The first-order valence-electron chi connectivity index (χ1n) is 8.18. The topological polar surface area (TPSA) is 32.7 Å². The number of benzene rings is 2. The van der Waals surface area contributed by atoms with Gasteiger partial charge in [0.15, 0.2) is 0 Å². The highest BCUT2D eigenvalue weighted by atomic mass is 16.2. The third-order valence-corrected chi connectivity index (χ3v) is 4.97. The van der Waals surface area contributed by atoms with Crippen LogP contribution in [0, 0.1) is 12.8 Å². The van der Waals surface area contributed by atoms with E-state index in [1.807, 2.05) is 0 Å². The Morgan fingerprint density at radius 2 is 1.87 bits per heavy atom. The molecule has 1 heterocycles. The number of carbonyl (C=O) groups excluding carboxylic acids is 1. The van der Waals surface area contributed by atoms with Gasteiger partial charge in [0.05, 0.1) is 11.8 Å². The zero-order chi connectivity index (χ0) is 16.0. The van der Waals surface area contributed by atoms with Gasteiger partial charge >= 0.3 is 0 Å². The van der Waals surface area contributed by atoms with Gasteiger partial charge in [0.25, 0.3) is 0 Å². The molecule has 116 valence electrons. The zero-order valence-corrected chi connectivity index (χ0v) is 13.5. The van der Waals surface area contributed by atoms with E-state index in [1.54, 1.807) is 11.9 Å². The van der Waals surface area contributed by atoms with Crippen LogP contribution in [0.2, 0.25) is 0 Å². The fraction of sp³-hybridized carbons (Fsp3) is 0.300. The molecule has 1 aliphatic carbocycles. The number of hydrazone groups is 1. The number of amides is 1. The Morgan fingerprint density at radius 1 is 1.13 bits per heavy atom. The largest absolute Gasteiger partial charge is 0.273 e. The molecule has 0 fully saturated rings. The van der Waals surface area contributed by atoms with Crippen LogP contribution in [0.25, 0.3) is 0 Å². The molecule has 0 saturated heterocycles. The second kappa shape index (κ2) is 5.34. The van der Waals surface area contributed by atoms with Crippen molar-refractivity contribution in [3.05, 3.63) is 70.8 Å². The lowest BCUT2D eigenvalue weighted by Gasteiger charge is -2.29. The van der Waals surface area contributed by atoms with E-state index in [1.165, 1.54) is 22.3 Å². The lowest BCUT2D eigenvalue weighted by atomic mass is 9.77. The van der Waals surface area contributed by atoms with E-state index in [4.69, 9.17) is 5.10 Å². The van der Waals surface area contributed by atoms with Crippen LogP contribution in [0.3, 0.4) is 0 Å². The first-order chi connectivity index (χ1) is 11.1. The summed E-state index contributed by atoms with van der Waals surface area (Å²) in [5.41, 5.74) is 6.04. The molecule has 0 saturated carbocycles. The summed E-state index contributed by atoms with van der Waals surface area (Å²) in [6, 6.07) is 17.0. The van der Waals surface area contributed by atoms with E-state index >= 15 is 0 Å². The molecule has 0 bridgehead atoms. The molecule has 4 rings (SSSR count). The summed E-state index contributed by atoms with van der Waals surface area (Å²) in [5.74, 6) is 0.298. The molecule has 2 aliphatic rings. The van der Waals surface area contributed by atoms with Crippen molar-refractivity contribution in [1.82, 2.24) is 5.01 Å². The first kappa shape index (κ1) is 14.2. The summed E-state index contributed by atoms with van der Waals surface area (Å²) >= 11 is 0. The normalized spacial score (nSPS) is 22.3. The highest BCUT2D eigenvalue weighted by Crippen LogP contribution is 2.43. The van der Waals surface area contributed by atoms with E-state index in [9.17, 15) is 4.79 Å². The van der Waals surface area contributed by atoms with Crippen molar-refractivity contribution in [2.24, 2.45) is 11.0 Å². The number of fused-ring (bicyclic) bond motifs is 3. The quantitative estimate of drug-likeness (QED) is 0.787. The van der Waals surface area contributed by atoms with Gasteiger partial charge in [-0.3, -0.25) is 4.79 Å². The van der Waals surface area contributed by atoms with Gasteiger partial charge in [0, 0.05) is 18.4 Å². The minimum Gasteiger partial charge on any atom is -0.273 e. The van der Waals surface area contributed by atoms with Gasteiger partial charge in [-0.05, 0) is 30.9 Å². The second-order valence-corrected chi connectivity index (χ2v) is 6.51. The number of nitrogens with zero attached hydrogens (tertiary/aromatic N) is 2. The molecule has 3 heteroatoms. The minimum atomic E-state index is 0.00922. The fourth-order valence-electron chi connectivity index (χ4n) is 3.82. The Balaban J connectivity index is 1.80. The van der Waals surface area contributed by atoms with Crippen molar-refractivity contribution >= 4 is 11.6 Å². The second-order valence-electron chi connectivity index (χ2n) is 6.51. The number of rotatable bonds is 1. The predicted octanol–water partition coefficient (Wildman–Crippen LogP) is 3.86. The monoisotopic (exact) mass is 304 g/mol. The Hall–Kier alpha value is -2.42. The summed E-state index contributed by atoms with van der Waals surface area (Å²) in [7, 11) is 0. The molecule has 0 aromatic heterocycles. The summed E-state index contributed by atoms with van der Waals surface area (Å²) in [4.78, 5) is 12.2. The Morgan fingerprint density at radius 3 is 2.61 bits per heavy atom. The van der Waals surface area contributed by atoms with Gasteiger partial charge in [0.1, 0.15) is 0 Å². The third-order valence-electron chi connectivity index (χ3n) is 4.97. The zero-order valence-electron chi connectivity index (χ0n) is 13.5. The van der Waals surface area contributed by atoms with Gasteiger partial charge in [-0.15, -0.1) is 0 Å². The summed E-state index contributed by atoms with van der Waals surface area (Å²) in [6.07, 6.45) is 2.09. The molecule has 2 aromatic carbocycles. The van der Waals surface area contributed by atoms with Crippen molar-refractivity contribution in [1.29, 1.82) is 0 Å². The van der Waals surface area contributed by atoms with E-state index in [0.29, 0.717) is 0 Å². The molecule has 3 nitrogen and oxygen atoms in total. The molecular weight excluding hydrogens is 284 g/mol. The van der Waals surface area contributed by atoms with Gasteiger partial charge in [-0.2, -0.15) is 5.10 Å². The molecule has 1 aliphatic heterocycles. The van der Waals surface area contributed by atoms with Crippen molar-refractivity contribution in [3.8, 4) is 0 Å². The van der Waals surface area contributed by atoms with Crippen LogP contribution in [0.1, 0.15) is 41.6 Å². The van der Waals surface area contributed by atoms with Crippen molar-refractivity contribution in [3.63, 3.8) is 0 Å². The molecule has 2 unspecified atom stereocenters. The molecule has 0 N–H and O–H groups in total. The molecule has 2 atom stereocenters. The van der Waals surface area contributed by atoms with Crippen molar-refractivity contribution in [2.75, 3.05) is 0 Å². The van der Waals surface area contributed by atoms with Gasteiger partial charge in [0.2, 0.25) is 5.91 Å². The van der Waals surface area contributed by atoms with Crippen molar-refractivity contribution < 1.29 is 4.79 Å². The Labute approximate surface area is 136 Å². The standard InChI is InChI=1S/C20H20N2O/c1-13-7-9-16(10-8-13)20-18-12-11-15-5-3-4-6-17(15)19(18)21-22(20)14(2)23/h3-10,18,20H,11-12H2,1-2H3. The van der Waals surface area contributed by atoms with Crippen LogP contribution in [0.4, 0.5) is 0 Å². The third kappa shape index (κ3) is 2.27. The number of carbonyl (C=O) groups is 1. The lowest BCUT2D eigenvalue weighted by Crippen LogP contribution is -2.31. The summed E-state index contributed by atoms with van der Waals surface area (Å²) < 4.78 is 0. The van der Waals surface area contributed by atoms with E-state index in [2.05, 4.69) is 55.5 Å². The molecule has 2 aromatic rings. The number of hydrogen-bond acceptors (Lipinski definition) is 2. The maximum atomic E-state index is 12.2. The Bertz CT molecular complexity index is 792. The SMILES string of the molecule is CC(=O)N1N=C2c3ccccc3CCC2C1c1ccc(C)cc1. The molecule has 23 heavy (non-hydrogen) atoms. The predicted molar refractivity (Wildman–Crippen MR) is 91.2 cm³/mol. The highest BCUT2D eigenvalue weighted by Gasteiger charge is 2.42. The first-order valence-corrected chi connectivity index (χ1v) is 8.18. The number of hydrogen-bond donors (Lipinski definition) is 0. The van der Waals surface area contributed by atoms with Crippen LogP contribution >= 0.6 is 0 Å². The maximum absolute atomic E-state index is 12.2. The summed E-state index contributed by atoms with van der Waals surface area (Å²) in [5, 5.41) is 6.42. The Kier molecular flexibility index (Phi) is 3.29. The average molecular weight is 304 g/mol. The van der Waals surface area contributed by atoms with E-state index < -0.39 is 0 Å². The van der Waals surface area contributed by atoms with Gasteiger partial charge < -0.3 is 0 Å². The highest BCUT2D eigenvalue weighted by molar-refractivity contribution is 6.06. The van der Waals surface area contributed by atoms with Crippen LogP contribution in [0.5, 0.6) is 0 Å². The smallest absolute Gasteiger partial charge is 0.240 e. The molecule has 1 amide bonds. The van der Waals surface area contributed by atoms with Gasteiger partial charge in [-0.25, -0.2) is 5.01 Å². The van der Waals surface area contributed by atoms with Gasteiger partial charge in [-0.1, -0.05) is 54.1 Å². The average Bonchev–Trinajstić information content (AvgIpc) is 2.96. The molecular formula is C20H20N2O.